The summed E-state index contributed by atoms with van der Waals surface area (Å²) in [6.07, 6.45) is 0.920. The molecule has 0 aliphatic heterocycles. The molecule has 0 unspecified atom stereocenters. The number of aryl methyl sites for hydroxylation is 2. The number of nitrogens with zero attached hydrogens (tertiary/aromatic N) is 1. The maximum absolute atomic E-state index is 12.5. The van der Waals surface area contributed by atoms with E-state index in [1.807, 2.05) is 16.7 Å². The molecular weight excluding hydrogens is 270 g/mol. The number of halogens is 1. The summed E-state index contributed by atoms with van der Waals surface area (Å²) >= 11 is 5.85. The lowest BCUT2D eigenvalue weighted by molar-refractivity contribution is 0.656. The van der Waals surface area contributed by atoms with Crippen LogP contribution in [0.5, 0.6) is 0 Å². The number of alkyl halides is 1. The Hall–Kier alpha value is -1.54. The van der Waals surface area contributed by atoms with Crippen LogP contribution >= 0.6 is 11.6 Å². The van der Waals surface area contributed by atoms with E-state index in [9.17, 15) is 4.79 Å². The van der Waals surface area contributed by atoms with E-state index in [-0.39, 0.29) is 11.4 Å². The summed E-state index contributed by atoms with van der Waals surface area (Å²) in [5, 5.41) is 0. The van der Waals surface area contributed by atoms with Gasteiger partial charge in [-0.1, -0.05) is 30.7 Å². The molecule has 0 aliphatic rings. The first-order valence-electron chi connectivity index (χ1n) is 6.94. The molecule has 106 valence electrons. The summed E-state index contributed by atoms with van der Waals surface area (Å²) in [6.45, 7) is 6.93. The SMILES string of the molecule is CCCn1c(-c2cc(C)ccc2C)ccc(CCl)c1=O. The van der Waals surface area contributed by atoms with E-state index >= 15 is 0 Å². The van der Waals surface area contributed by atoms with E-state index < -0.39 is 0 Å². The van der Waals surface area contributed by atoms with Gasteiger partial charge < -0.3 is 4.57 Å². The van der Waals surface area contributed by atoms with Crippen molar-refractivity contribution in [3.63, 3.8) is 0 Å². The van der Waals surface area contributed by atoms with Gasteiger partial charge >= 0.3 is 0 Å². The van der Waals surface area contributed by atoms with Crippen LogP contribution in [0.3, 0.4) is 0 Å². The van der Waals surface area contributed by atoms with Gasteiger partial charge in [-0.05, 0) is 38.0 Å². The lowest BCUT2D eigenvalue weighted by Crippen LogP contribution is -2.24. The maximum Gasteiger partial charge on any atom is 0.255 e. The second-order valence-corrected chi connectivity index (χ2v) is 5.42. The van der Waals surface area contributed by atoms with Crippen molar-refractivity contribution in [1.82, 2.24) is 4.57 Å². The molecule has 0 bridgehead atoms. The Bertz CT molecular complexity index is 673. The first kappa shape index (κ1) is 14.9. The summed E-state index contributed by atoms with van der Waals surface area (Å²) in [5.41, 5.74) is 5.17. The Kier molecular flexibility index (Phi) is 4.66. The van der Waals surface area contributed by atoms with Crippen molar-refractivity contribution in [2.75, 3.05) is 0 Å². The van der Waals surface area contributed by atoms with Gasteiger partial charge in [-0.3, -0.25) is 4.79 Å². The molecule has 0 fully saturated rings. The average molecular weight is 290 g/mol. The number of pyridine rings is 1. The van der Waals surface area contributed by atoms with Crippen LogP contribution in [0.1, 0.15) is 30.0 Å². The summed E-state index contributed by atoms with van der Waals surface area (Å²) in [6, 6.07) is 10.2. The summed E-state index contributed by atoms with van der Waals surface area (Å²) in [5.74, 6) is 0.260. The second kappa shape index (κ2) is 6.27. The molecule has 20 heavy (non-hydrogen) atoms. The molecule has 2 rings (SSSR count). The van der Waals surface area contributed by atoms with Crippen molar-refractivity contribution in [3.05, 3.63) is 57.4 Å². The van der Waals surface area contributed by atoms with Gasteiger partial charge in [0.25, 0.3) is 5.56 Å². The van der Waals surface area contributed by atoms with Crippen molar-refractivity contribution >= 4 is 11.6 Å². The van der Waals surface area contributed by atoms with Crippen LogP contribution in [0.15, 0.2) is 35.1 Å². The molecule has 3 heteroatoms. The van der Waals surface area contributed by atoms with E-state index in [4.69, 9.17) is 11.6 Å². The van der Waals surface area contributed by atoms with Crippen molar-refractivity contribution in [2.45, 2.75) is 39.6 Å². The van der Waals surface area contributed by atoms with Crippen LogP contribution < -0.4 is 5.56 Å². The molecule has 0 saturated heterocycles. The normalized spacial score (nSPS) is 10.8. The van der Waals surface area contributed by atoms with Gasteiger partial charge in [0, 0.05) is 17.7 Å². The van der Waals surface area contributed by atoms with Crippen LogP contribution in [0.4, 0.5) is 0 Å². The van der Waals surface area contributed by atoms with Gasteiger partial charge in [-0.2, -0.15) is 0 Å². The fourth-order valence-electron chi connectivity index (χ4n) is 2.42. The predicted octanol–water partition coefficient (Wildman–Crippen LogP) is 4.28. The maximum atomic E-state index is 12.5. The van der Waals surface area contributed by atoms with Gasteiger partial charge in [0.1, 0.15) is 0 Å². The molecular formula is C17H20ClNO. The molecule has 0 atom stereocenters. The summed E-state index contributed by atoms with van der Waals surface area (Å²) in [7, 11) is 0. The number of hydrogen-bond donors (Lipinski definition) is 0. The van der Waals surface area contributed by atoms with Crippen molar-refractivity contribution in [1.29, 1.82) is 0 Å². The third kappa shape index (κ3) is 2.80. The molecule has 0 radical (unpaired) electrons. The van der Waals surface area contributed by atoms with Crippen molar-refractivity contribution in [2.24, 2.45) is 0 Å². The average Bonchev–Trinajstić information content (AvgIpc) is 2.44. The third-order valence-electron chi connectivity index (χ3n) is 3.51. The highest BCUT2D eigenvalue weighted by Crippen LogP contribution is 2.24. The van der Waals surface area contributed by atoms with Crippen LogP contribution in [-0.2, 0) is 12.4 Å². The van der Waals surface area contributed by atoms with E-state index in [0.29, 0.717) is 12.1 Å². The van der Waals surface area contributed by atoms with Crippen LogP contribution in [0, 0.1) is 13.8 Å². The predicted molar refractivity (Wildman–Crippen MR) is 85.5 cm³/mol. The smallest absolute Gasteiger partial charge is 0.255 e. The number of hydrogen-bond acceptors (Lipinski definition) is 1. The number of rotatable bonds is 4. The van der Waals surface area contributed by atoms with Crippen molar-refractivity contribution in [3.8, 4) is 11.3 Å². The Morgan fingerprint density at radius 2 is 1.90 bits per heavy atom. The minimum absolute atomic E-state index is 0.0280. The van der Waals surface area contributed by atoms with E-state index in [1.165, 1.54) is 11.1 Å². The first-order chi connectivity index (χ1) is 9.58. The Labute approximate surface area is 125 Å². The minimum Gasteiger partial charge on any atom is -0.308 e. The fraction of sp³-hybridized carbons (Fsp3) is 0.353. The van der Waals surface area contributed by atoms with Gasteiger partial charge in [-0.15, -0.1) is 11.6 Å². The summed E-state index contributed by atoms with van der Waals surface area (Å²) < 4.78 is 1.85. The molecule has 2 nitrogen and oxygen atoms in total. The van der Waals surface area contributed by atoms with E-state index in [1.54, 1.807) is 0 Å². The van der Waals surface area contributed by atoms with Gasteiger partial charge in [0.2, 0.25) is 0 Å². The zero-order valence-electron chi connectivity index (χ0n) is 12.2. The Balaban J connectivity index is 2.70. The summed E-state index contributed by atoms with van der Waals surface area (Å²) in [4.78, 5) is 12.5. The van der Waals surface area contributed by atoms with E-state index in [2.05, 4.69) is 39.0 Å². The largest absolute Gasteiger partial charge is 0.308 e. The molecule has 1 heterocycles. The first-order valence-corrected chi connectivity index (χ1v) is 7.48. The standard InChI is InChI=1S/C17H20ClNO/c1-4-9-19-16(8-7-14(11-18)17(19)20)15-10-12(2)5-6-13(15)3/h5-8,10H,4,9,11H2,1-3H3. The molecule has 0 spiro atoms. The van der Waals surface area contributed by atoms with Crippen LogP contribution in [0.2, 0.25) is 0 Å². The molecule has 0 saturated carbocycles. The monoisotopic (exact) mass is 289 g/mol. The topological polar surface area (TPSA) is 22.0 Å². The fourth-order valence-corrected chi connectivity index (χ4v) is 2.62. The lowest BCUT2D eigenvalue weighted by atomic mass is 10.0. The second-order valence-electron chi connectivity index (χ2n) is 5.15. The van der Waals surface area contributed by atoms with Gasteiger partial charge in [0.05, 0.1) is 11.6 Å². The molecule has 1 aromatic carbocycles. The number of benzene rings is 1. The molecule has 0 aliphatic carbocycles. The quantitative estimate of drug-likeness (QED) is 0.770. The van der Waals surface area contributed by atoms with Gasteiger partial charge in [-0.25, -0.2) is 0 Å². The zero-order valence-corrected chi connectivity index (χ0v) is 13.0. The van der Waals surface area contributed by atoms with E-state index in [0.717, 1.165) is 17.7 Å². The molecule has 2 aromatic rings. The molecule has 0 amide bonds. The molecule has 1 aromatic heterocycles. The highest BCUT2D eigenvalue weighted by molar-refractivity contribution is 6.17. The van der Waals surface area contributed by atoms with Crippen LogP contribution in [-0.4, -0.2) is 4.57 Å². The highest BCUT2D eigenvalue weighted by Gasteiger charge is 2.11. The molecule has 0 N–H and O–H groups in total. The van der Waals surface area contributed by atoms with Crippen LogP contribution in [0.25, 0.3) is 11.3 Å². The third-order valence-corrected chi connectivity index (χ3v) is 3.80. The lowest BCUT2D eigenvalue weighted by Gasteiger charge is -2.16. The highest BCUT2D eigenvalue weighted by atomic mass is 35.5. The Morgan fingerprint density at radius 1 is 1.15 bits per heavy atom. The number of aromatic nitrogens is 1. The zero-order chi connectivity index (χ0) is 14.7. The van der Waals surface area contributed by atoms with Gasteiger partial charge in [0.15, 0.2) is 0 Å². The minimum atomic E-state index is 0.0280. The van der Waals surface area contributed by atoms with Crippen molar-refractivity contribution < 1.29 is 0 Å². The Morgan fingerprint density at radius 3 is 2.55 bits per heavy atom.